The Hall–Kier alpha value is -4.69. The van der Waals surface area contributed by atoms with Crippen molar-refractivity contribution in [3.63, 3.8) is 0 Å². The lowest BCUT2D eigenvalue weighted by atomic mass is 10.1. The average Bonchev–Trinajstić information content (AvgIpc) is 3.48. The summed E-state index contributed by atoms with van der Waals surface area (Å²) in [6, 6.07) is 13.7. The molecule has 2 aromatic carbocycles. The van der Waals surface area contributed by atoms with Crippen LogP contribution in [0.4, 0.5) is 23.2 Å². The Balaban J connectivity index is 1.52. The number of H-pyrrole nitrogens is 1. The van der Waals surface area contributed by atoms with Gasteiger partial charge in [0.05, 0.1) is 18.7 Å². The van der Waals surface area contributed by atoms with Gasteiger partial charge in [0.2, 0.25) is 0 Å². The maximum atomic E-state index is 14.9. The molecule has 0 aliphatic carbocycles. The Labute approximate surface area is 254 Å². The molecule has 0 bridgehead atoms. The van der Waals surface area contributed by atoms with Crippen molar-refractivity contribution in [3.8, 4) is 0 Å². The number of nitrogens with two attached hydrogens (primary N) is 1. The lowest BCUT2D eigenvalue weighted by Gasteiger charge is -2.36. The molecule has 1 atom stereocenters. The van der Waals surface area contributed by atoms with Crippen LogP contribution in [0.1, 0.15) is 44.6 Å². The van der Waals surface area contributed by atoms with Crippen molar-refractivity contribution in [1.82, 2.24) is 19.0 Å². The number of anilines is 1. The molecule has 0 radical (unpaired) electrons. The highest BCUT2D eigenvalue weighted by Gasteiger charge is 2.35. The molecule has 1 aliphatic rings. The van der Waals surface area contributed by atoms with E-state index in [2.05, 4.69) is 9.88 Å². The van der Waals surface area contributed by atoms with Crippen molar-refractivity contribution in [2.45, 2.75) is 38.8 Å². The van der Waals surface area contributed by atoms with Gasteiger partial charge in [-0.3, -0.25) is 18.8 Å². The topological polar surface area (TPSA) is 130 Å². The molecule has 5 rings (SSSR count). The smallest absolute Gasteiger partial charge is 0.416 e. The number of halogens is 4. The quantitative estimate of drug-likeness (QED) is 0.242. The maximum Gasteiger partial charge on any atom is 0.416 e. The second-order valence-corrected chi connectivity index (χ2v) is 11.0. The predicted octanol–water partition coefficient (Wildman–Crippen LogP) is 3.57. The molecule has 45 heavy (non-hydrogen) atoms. The van der Waals surface area contributed by atoms with Gasteiger partial charge in [-0.05, 0) is 36.8 Å². The molecular formula is C31H32F4N6O4. The molecule has 0 unspecified atom stereocenters. The van der Waals surface area contributed by atoms with Crippen molar-refractivity contribution in [2.24, 2.45) is 5.73 Å². The average molecular weight is 629 g/mol. The van der Waals surface area contributed by atoms with Crippen LogP contribution in [0.25, 0.3) is 0 Å². The number of nitrogens with one attached hydrogen (secondary N) is 1. The van der Waals surface area contributed by atoms with Crippen LogP contribution < -0.4 is 21.9 Å². The van der Waals surface area contributed by atoms with Crippen LogP contribution in [0.5, 0.6) is 0 Å². The molecule has 0 saturated carbocycles. The Kier molecular flexibility index (Phi) is 8.98. The number of piperazine rings is 1. The van der Waals surface area contributed by atoms with Gasteiger partial charge in [-0.1, -0.05) is 36.4 Å². The number of hydrogen-bond donors (Lipinski definition) is 3. The van der Waals surface area contributed by atoms with Gasteiger partial charge in [0.1, 0.15) is 17.2 Å². The lowest BCUT2D eigenvalue weighted by molar-refractivity contribution is -0.138. The monoisotopic (exact) mass is 628 g/mol. The molecule has 238 valence electrons. The largest absolute Gasteiger partial charge is 0.477 e. The van der Waals surface area contributed by atoms with Crippen LogP contribution in [0.15, 0.2) is 70.3 Å². The summed E-state index contributed by atoms with van der Waals surface area (Å²) in [5, 5.41) is 9.17. The van der Waals surface area contributed by atoms with Crippen LogP contribution in [-0.4, -0.2) is 56.3 Å². The van der Waals surface area contributed by atoms with Crippen molar-refractivity contribution in [1.29, 1.82) is 0 Å². The lowest BCUT2D eigenvalue weighted by Crippen LogP contribution is -2.51. The summed E-state index contributed by atoms with van der Waals surface area (Å²) >= 11 is 0. The van der Waals surface area contributed by atoms with Gasteiger partial charge in [0, 0.05) is 55.7 Å². The minimum Gasteiger partial charge on any atom is -0.477 e. The number of hydrogen-bond acceptors (Lipinski definition) is 6. The van der Waals surface area contributed by atoms with E-state index in [4.69, 9.17) is 5.73 Å². The number of carboxylic acids is 1. The zero-order chi connectivity index (χ0) is 32.5. The van der Waals surface area contributed by atoms with E-state index in [1.807, 2.05) is 0 Å². The standard InChI is InChI=1S/C31H32F4N6O4/c1-19-27(39-14-12-38(13-15-39)16-21-10-11-26(37-21)29(43)44)28(42)41(18-25(36)20-6-3-2-4-7-20)30(45)40(19)17-22-23(31(33,34)35)8-5-9-24(22)32/h2-11,25,37H,12-18,36H2,1H3,(H,43,44)/t25-/m0/s1. The number of rotatable bonds is 9. The number of carbonyl (C=O) groups is 1. The molecule has 1 aliphatic heterocycles. The third-order valence-electron chi connectivity index (χ3n) is 8.06. The number of nitrogens with zero attached hydrogens (tertiary/aromatic N) is 4. The number of benzene rings is 2. The van der Waals surface area contributed by atoms with Gasteiger partial charge in [0.25, 0.3) is 5.56 Å². The molecule has 4 aromatic rings. The van der Waals surface area contributed by atoms with Crippen molar-refractivity contribution >= 4 is 11.7 Å². The fraction of sp³-hybridized carbons (Fsp3) is 0.323. The van der Waals surface area contributed by atoms with Gasteiger partial charge >= 0.3 is 17.8 Å². The van der Waals surface area contributed by atoms with E-state index in [-0.39, 0.29) is 23.6 Å². The van der Waals surface area contributed by atoms with E-state index in [9.17, 15) is 37.1 Å². The summed E-state index contributed by atoms with van der Waals surface area (Å²) in [5.41, 5.74) is 4.55. The van der Waals surface area contributed by atoms with E-state index < -0.39 is 52.9 Å². The molecule has 0 amide bonds. The highest BCUT2D eigenvalue weighted by molar-refractivity contribution is 5.85. The highest BCUT2D eigenvalue weighted by Crippen LogP contribution is 2.33. The minimum absolute atomic E-state index is 0.0688. The summed E-state index contributed by atoms with van der Waals surface area (Å²) in [4.78, 5) is 45.6. The number of aromatic nitrogens is 3. The van der Waals surface area contributed by atoms with Crippen LogP contribution in [0, 0.1) is 12.7 Å². The molecule has 10 nitrogen and oxygen atoms in total. The van der Waals surface area contributed by atoms with E-state index in [1.165, 1.54) is 13.0 Å². The Morgan fingerprint density at radius 2 is 1.64 bits per heavy atom. The van der Waals surface area contributed by atoms with Gasteiger partial charge in [0.15, 0.2) is 0 Å². The Morgan fingerprint density at radius 1 is 0.956 bits per heavy atom. The van der Waals surface area contributed by atoms with Gasteiger partial charge in [-0.25, -0.2) is 14.0 Å². The van der Waals surface area contributed by atoms with Gasteiger partial charge < -0.3 is 20.7 Å². The summed E-state index contributed by atoms with van der Waals surface area (Å²) in [5.74, 6) is -2.20. The zero-order valence-electron chi connectivity index (χ0n) is 24.4. The first-order chi connectivity index (χ1) is 21.3. The van der Waals surface area contributed by atoms with E-state index in [0.717, 1.165) is 27.3 Å². The SMILES string of the molecule is Cc1c(N2CCN(Cc3ccc(C(=O)O)[nH]3)CC2)c(=O)n(C[C@H](N)c2ccccc2)c(=O)n1Cc1c(F)cccc1C(F)(F)F. The summed E-state index contributed by atoms with van der Waals surface area (Å²) in [6.07, 6.45) is -4.87. The van der Waals surface area contributed by atoms with Crippen LogP contribution in [-0.2, 0) is 25.8 Å². The number of carboxylic acid groups (broad SMARTS) is 1. The third kappa shape index (κ3) is 6.71. The first kappa shape index (κ1) is 31.7. The summed E-state index contributed by atoms with van der Waals surface area (Å²) < 4.78 is 58.4. The molecule has 1 saturated heterocycles. The number of aromatic amines is 1. The van der Waals surface area contributed by atoms with E-state index in [0.29, 0.717) is 44.0 Å². The molecular weight excluding hydrogens is 596 g/mol. The van der Waals surface area contributed by atoms with Gasteiger partial charge in [-0.2, -0.15) is 13.2 Å². The van der Waals surface area contributed by atoms with Crippen LogP contribution >= 0.6 is 0 Å². The number of alkyl halides is 3. The fourth-order valence-electron chi connectivity index (χ4n) is 5.67. The van der Waals surface area contributed by atoms with Gasteiger partial charge in [-0.15, -0.1) is 0 Å². The zero-order valence-corrected chi connectivity index (χ0v) is 24.4. The summed E-state index contributed by atoms with van der Waals surface area (Å²) in [7, 11) is 0. The normalized spacial score (nSPS) is 14.9. The first-order valence-electron chi connectivity index (χ1n) is 14.2. The molecule has 2 aromatic heterocycles. The molecule has 1 fully saturated rings. The fourth-order valence-corrected chi connectivity index (χ4v) is 5.67. The second-order valence-electron chi connectivity index (χ2n) is 11.0. The minimum atomic E-state index is -4.87. The van der Waals surface area contributed by atoms with Crippen LogP contribution in [0.3, 0.4) is 0 Å². The summed E-state index contributed by atoms with van der Waals surface area (Å²) in [6.45, 7) is 2.49. The Morgan fingerprint density at radius 3 is 2.27 bits per heavy atom. The van der Waals surface area contributed by atoms with Crippen molar-refractivity contribution in [3.05, 3.63) is 121 Å². The third-order valence-corrected chi connectivity index (χ3v) is 8.06. The first-order valence-corrected chi connectivity index (χ1v) is 14.2. The maximum absolute atomic E-state index is 14.9. The van der Waals surface area contributed by atoms with E-state index >= 15 is 0 Å². The Bertz CT molecular complexity index is 1810. The van der Waals surface area contributed by atoms with Crippen molar-refractivity contribution < 1.29 is 27.5 Å². The molecule has 14 heteroatoms. The van der Waals surface area contributed by atoms with E-state index in [1.54, 1.807) is 41.3 Å². The highest BCUT2D eigenvalue weighted by atomic mass is 19.4. The van der Waals surface area contributed by atoms with Crippen LogP contribution in [0.2, 0.25) is 0 Å². The predicted molar refractivity (Wildman–Crippen MR) is 159 cm³/mol. The molecule has 4 N–H and O–H groups in total. The second kappa shape index (κ2) is 12.7. The molecule has 0 spiro atoms. The molecule has 3 heterocycles. The number of aromatic carboxylic acids is 1. The van der Waals surface area contributed by atoms with Crippen molar-refractivity contribution in [2.75, 3.05) is 31.1 Å².